The maximum absolute atomic E-state index is 6.01. The van der Waals surface area contributed by atoms with E-state index in [1.165, 1.54) is 10.9 Å². The van der Waals surface area contributed by atoms with Gasteiger partial charge in [-0.3, -0.25) is 0 Å². The number of hydrogen-bond donors (Lipinski definition) is 1. The van der Waals surface area contributed by atoms with E-state index in [-0.39, 0.29) is 0 Å². The monoisotopic (exact) mass is 323 g/mol. The first-order chi connectivity index (χ1) is 8.99. The van der Waals surface area contributed by atoms with Gasteiger partial charge in [-0.25, -0.2) is 0 Å². The Bertz CT molecular complexity index is 557. The van der Waals surface area contributed by atoms with Gasteiger partial charge in [0.05, 0.1) is 6.54 Å². The summed E-state index contributed by atoms with van der Waals surface area (Å²) in [6.07, 6.45) is 0. The zero-order valence-corrected chi connectivity index (χ0v) is 13.7. The van der Waals surface area contributed by atoms with Crippen LogP contribution in [0.1, 0.15) is 44.9 Å². The third-order valence-corrected chi connectivity index (χ3v) is 3.67. The minimum absolute atomic E-state index is 0.464. The molecule has 1 aromatic carbocycles. The van der Waals surface area contributed by atoms with E-state index in [1.54, 1.807) is 0 Å². The molecule has 1 heterocycles. The van der Waals surface area contributed by atoms with Crippen LogP contribution in [0, 0.1) is 5.92 Å². The van der Waals surface area contributed by atoms with Crippen LogP contribution in [-0.4, -0.2) is 6.54 Å². The quantitative estimate of drug-likeness (QED) is 0.831. The van der Waals surface area contributed by atoms with Crippen LogP contribution in [0.5, 0.6) is 0 Å². The van der Waals surface area contributed by atoms with Gasteiger partial charge < -0.3 is 9.73 Å². The highest BCUT2D eigenvalue weighted by Gasteiger charge is 2.16. The van der Waals surface area contributed by atoms with Crippen LogP contribution < -0.4 is 5.32 Å². The van der Waals surface area contributed by atoms with Gasteiger partial charge in [0.1, 0.15) is 11.3 Å². The Kier molecular flexibility index (Phi) is 4.69. The SMILES string of the molecule is CC(C)CNCc1oc2ccc(Br)cc2c1C(C)C. The Hall–Kier alpha value is -0.800. The molecule has 0 aliphatic rings. The summed E-state index contributed by atoms with van der Waals surface area (Å²) in [7, 11) is 0. The van der Waals surface area contributed by atoms with Crippen molar-refractivity contribution in [2.75, 3.05) is 6.54 Å². The fraction of sp³-hybridized carbons (Fsp3) is 0.500. The van der Waals surface area contributed by atoms with Gasteiger partial charge in [-0.1, -0.05) is 43.6 Å². The molecule has 0 radical (unpaired) electrons. The highest BCUT2D eigenvalue weighted by molar-refractivity contribution is 9.10. The topological polar surface area (TPSA) is 25.2 Å². The molecule has 1 aromatic heterocycles. The molecule has 0 bridgehead atoms. The fourth-order valence-electron chi connectivity index (χ4n) is 2.38. The van der Waals surface area contributed by atoms with E-state index in [0.29, 0.717) is 11.8 Å². The van der Waals surface area contributed by atoms with Crippen molar-refractivity contribution in [3.63, 3.8) is 0 Å². The molecule has 2 nitrogen and oxygen atoms in total. The van der Waals surface area contributed by atoms with Gasteiger partial charge >= 0.3 is 0 Å². The second-order valence-electron chi connectivity index (χ2n) is 5.76. The maximum Gasteiger partial charge on any atom is 0.134 e. The number of nitrogens with one attached hydrogen (secondary N) is 1. The molecule has 2 aromatic rings. The van der Waals surface area contributed by atoms with Gasteiger partial charge in [0.15, 0.2) is 0 Å². The first kappa shape index (κ1) is 14.6. The summed E-state index contributed by atoms with van der Waals surface area (Å²) in [6, 6.07) is 6.22. The van der Waals surface area contributed by atoms with E-state index in [4.69, 9.17) is 4.42 Å². The van der Waals surface area contributed by atoms with Gasteiger partial charge in [-0.15, -0.1) is 0 Å². The minimum Gasteiger partial charge on any atom is -0.459 e. The van der Waals surface area contributed by atoms with E-state index in [2.05, 4.69) is 55.0 Å². The maximum atomic E-state index is 6.01. The number of furan rings is 1. The van der Waals surface area contributed by atoms with E-state index < -0.39 is 0 Å². The molecule has 3 heteroatoms. The first-order valence-electron chi connectivity index (χ1n) is 6.90. The molecule has 1 N–H and O–H groups in total. The largest absolute Gasteiger partial charge is 0.459 e. The van der Waals surface area contributed by atoms with Crippen LogP contribution in [0.3, 0.4) is 0 Å². The Morgan fingerprint density at radius 3 is 2.58 bits per heavy atom. The molecule has 0 spiro atoms. The number of benzene rings is 1. The van der Waals surface area contributed by atoms with Crippen LogP contribution >= 0.6 is 15.9 Å². The Morgan fingerprint density at radius 1 is 1.21 bits per heavy atom. The lowest BCUT2D eigenvalue weighted by Crippen LogP contribution is -2.19. The van der Waals surface area contributed by atoms with Crippen molar-refractivity contribution in [3.05, 3.63) is 34.0 Å². The molecule has 19 heavy (non-hydrogen) atoms. The molecule has 0 saturated carbocycles. The average molecular weight is 324 g/mol. The van der Waals surface area contributed by atoms with Gasteiger partial charge in [0.2, 0.25) is 0 Å². The number of hydrogen-bond acceptors (Lipinski definition) is 2. The van der Waals surface area contributed by atoms with Crippen LogP contribution in [-0.2, 0) is 6.54 Å². The van der Waals surface area contributed by atoms with Gasteiger partial charge in [0, 0.05) is 15.4 Å². The van der Waals surface area contributed by atoms with Crippen LogP contribution in [0.15, 0.2) is 27.1 Å². The molecule has 0 aliphatic carbocycles. The molecule has 104 valence electrons. The summed E-state index contributed by atoms with van der Waals surface area (Å²) in [5.41, 5.74) is 2.31. The third-order valence-electron chi connectivity index (χ3n) is 3.18. The normalized spacial score (nSPS) is 11.9. The van der Waals surface area contributed by atoms with Crippen molar-refractivity contribution >= 4 is 26.9 Å². The summed E-state index contributed by atoms with van der Waals surface area (Å²) >= 11 is 3.54. The zero-order valence-electron chi connectivity index (χ0n) is 12.1. The van der Waals surface area contributed by atoms with E-state index >= 15 is 0 Å². The Labute approximate surface area is 123 Å². The fourth-order valence-corrected chi connectivity index (χ4v) is 2.74. The zero-order chi connectivity index (χ0) is 14.0. The van der Waals surface area contributed by atoms with Crippen molar-refractivity contribution in [2.24, 2.45) is 5.92 Å². The highest BCUT2D eigenvalue weighted by atomic mass is 79.9. The predicted molar refractivity (Wildman–Crippen MR) is 84.5 cm³/mol. The lowest BCUT2D eigenvalue weighted by atomic mass is 9.99. The second kappa shape index (κ2) is 6.10. The molecule has 0 aliphatic heterocycles. The average Bonchev–Trinajstić information content (AvgIpc) is 2.65. The van der Waals surface area contributed by atoms with Crippen molar-refractivity contribution < 1.29 is 4.42 Å². The van der Waals surface area contributed by atoms with Crippen molar-refractivity contribution in [3.8, 4) is 0 Å². The van der Waals surface area contributed by atoms with Gasteiger partial charge in [-0.2, -0.15) is 0 Å². The summed E-state index contributed by atoms with van der Waals surface area (Å²) in [5, 5.41) is 4.69. The molecular formula is C16H22BrNO. The first-order valence-corrected chi connectivity index (χ1v) is 7.70. The standard InChI is InChI=1S/C16H22BrNO/c1-10(2)8-18-9-15-16(11(3)4)13-7-12(17)5-6-14(13)19-15/h5-7,10-11,18H,8-9H2,1-4H3. The minimum atomic E-state index is 0.464. The second-order valence-corrected chi connectivity index (χ2v) is 6.67. The predicted octanol–water partition coefficient (Wildman–Crippen LogP) is 5.06. The smallest absolute Gasteiger partial charge is 0.134 e. The van der Waals surface area contributed by atoms with Gasteiger partial charge in [0.25, 0.3) is 0 Å². The number of fused-ring (bicyclic) bond motifs is 1. The van der Waals surface area contributed by atoms with Gasteiger partial charge in [-0.05, 0) is 36.6 Å². The van der Waals surface area contributed by atoms with E-state index in [9.17, 15) is 0 Å². The lowest BCUT2D eigenvalue weighted by Gasteiger charge is -2.09. The molecule has 0 unspecified atom stereocenters. The molecule has 0 fully saturated rings. The van der Waals surface area contributed by atoms with Crippen molar-refractivity contribution in [2.45, 2.75) is 40.2 Å². The molecule has 0 atom stereocenters. The number of rotatable bonds is 5. The Morgan fingerprint density at radius 2 is 1.95 bits per heavy atom. The number of halogens is 1. The van der Waals surface area contributed by atoms with Crippen molar-refractivity contribution in [1.29, 1.82) is 0 Å². The van der Waals surface area contributed by atoms with Crippen molar-refractivity contribution in [1.82, 2.24) is 5.32 Å². The summed E-state index contributed by atoms with van der Waals surface area (Å²) < 4.78 is 7.12. The summed E-state index contributed by atoms with van der Waals surface area (Å²) in [6.45, 7) is 10.7. The molecule has 0 saturated heterocycles. The van der Waals surface area contributed by atoms with Crippen LogP contribution in [0.25, 0.3) is 11.0 Å². The Balaban J connectivity index is 2.34. The molecule has 0 amide bonds. The highest BCUT2D eigenvalue weighted by Crippen LogP contribution is 2.33. The summed E-state index contributed by atoms with van der Waals surface area (Å²) in [4.78, 5) is 0. The molecular weight excluding hydrogens is 302 g/mol. The third kappa shape index (κ3) is 3.40. The summed E-state index contributed by atoms with van der Waals surface area (Å²) in [5.74, 6) is 2.19. The van der Waals surface area contributed by atoms with Crippen LogP contribution in [0.2, 0.25) is 0 Å². The van der Waals surface area contributed by atoms with E-state index in [1.807, 2.05) is 12.1 Å². The van der Waals surface area contributed by atoms with E-state index in [0.717, 1.165) is 28.9 Å². The van der Waals surface area contributed by atoms with Crippen LogP contribution in [0.4, 0.5) is 0 Å². The molecule has 2 rings (SSSR count). The lowest BCUT2D eigenvalue weighted by molar-refractivity contribution is 0.478.